The number of rotatable bonds is 4. The van der Waals surface area contributed by atoms with Crippen molar-refractivity contribution in [3.63, 3.8) is 0 Å². The number of carbonyl (C=O) groups excluding carboxylic acids is 1. The van der Waals surface area contributed by atoms with Gasteiger partial charge in [-0.3, -0.25) is 4.79 Å². The summed E-state index contributed by atoms with van der Waals surface area (Å²) in [5.74, 6) is 0.721. The van der Waals surface area contributed by atoms with E-state index < -0.39 is 0 Å². The number of nitrogens with one attached hydrogen (secondary N) is 1. The number of hydrogen-bond donors (Lipinski definition) is 1. The fourth-order valence-electron chi connectivity index (χ4n) is 2.31. The van der Waals surface area contributed by atoms with Gasteiger partial charge in [-0.05, 0) is 42.9 Å². The molecule has 18 heavy (non-hydrogen) atoms. The van der Waals surface area contributed by atoms with Crippen LogP contribution < -0.4 is 5.32 Å². The zero-order chi connectivity index (χ0) is 13.0. The Morgan fingerprint density at radius 2 is 2.06 bits per heavy atom. The van der Waals surface area contributed by atoms with E-state index in [1.165, 1.54) is 19.3 Å². The van der Waals surface area contributed by atoms with Crippen LogP contribution in [-0.2, 0) is 11.2 Å². The molecule has 2 nitrogen and oxygen atoms in total. The van der Waals surface area contributed by atoms with E-state index in [1.54, 1.807) is 0 Å². The molecule has 1 N–H and O–H groups in total. The molecule has 1 amide bonds. The summed E-state index contributed by atoms with van der Waals surface area (Å²) in [7, 11) is 0. The molecule has 1 fully saturated rings. The third-order valence-electron chi connectivity index (χ3n) is 3.34. The lowest BCUT2D eigenvalue weighted by Crippen LogP contribution is -2.29. The highest BCUT2D eigenvalue weighted by molar-refractivity contribution is 9.09. The van der Waals surface area contributed by atoms with Crippen LogP contribution in [0.2, 0.25) is 5.02 Å². The van der Waals surface area contributed by atoms with Crippen molar-refractivity contribution in [1.29, 1.82) is 0 Å². The van der Waals surface area contributed by atoms with Crippen LogP contribution in [0.4, 0.5) is 0 Å². The van der Waals surface area contributed by atoms with Gasteiger partial charge in [-0.15, -0.1) is 0 Å². The Labute approximate surface area is 121 Å². The second-order valence-electron chi connectivity index (χ2n) is 4.88. The number of carbonyl (C=O) groups is 1. The van der Waals surface area contributed by atoms with Gasteiger partial charge in [0.1, 0.15) is 0 Å². The molecule has 0 radical (unpaired) electrons. The average Bonchev–Trinajstić information content (AvgIpc) is 2.76. The van der Waals surface area contributed by atoms with Gasteiger partial charge in [0.2, 0.25) is 5.91 Å². The number of amides is 1. The normalized spacial score (nSPS) is 23.0. The Hall–Kier alpha value is -0.540. The fraction of sp³-hybridized carbons (Fsp3) is 0.500. The van der Waals surface area contributed by atoms with Crippen molar-refractivity contribution in [2.24, 2.45) is 5.92 Å². The van der Waals surface area contributed by atoms with Gasteiger partial charge in [0.25, 0.3) is 0 Å². The molecule has 4 heteroatoms. The third-order valence-corrected chi connectivity index (χ3v) is 4.43. The van der Waals surface area contributed by atoms with Crippen LogP contribution in [0.15, 0.2) is 24.3 Å². The summed E-state index contributed by atoms with van der Waals surface area (Å²) in [5, 5.41) is 3.72. The molecule has 0 saturated heterocycles. The number of halogens is 2. The van der Waals surface area contributed by atoms with Crippen LogP contribution in [0, 0.1) is 5.92 Å². The summed E-state index contributed by atoms with van der Waals surface area (Å²) in [6.07, 6.45) is 4.03. The van der Waals surface area contributed by atoms with Crippen molar-refractivity contribution in [3.8, 4) is 0 Å². The molecule has 0 aliphatic heterocycles. The molecule has 1 aromatic rings. The molecule has 0 spiro atoms. The maximum absolute atomic E-state index is 11.8. The van der Waals surface area contributed by atoms with Gasteiger partial charge in [-0.1, -0.05) is 39.7 Å². The van der Waals surface area contributed by atoms with Crippen molar-refractivity contribution in [3.05, 3.63) is 34.9 Å². The minimum absolute atomic E-state index is 0.0929. The van der Waals surface area contributed by atoms with Crippen LogP contribution in [0.5, 0.6) is 0 Å². The van der Waals surface area contributed by atoms with Crippen molar-refractivity contribution < 1.29 is 4.79 Å². The largest absolute Gasteiger partial charge is 0.356 e. The van der Waals surface area contributed by atoms with Gasteiger partial charge in [0.05, 0.1) is 6.42 Å². The van der Waals surface area contributed by atoms with E-state index >= 15 is 0 Å². The van der Waals surface area contributed by atoms with E-state index in [0.29, 0.717) is 22.2 Å². The highest BCUT2D eigenvalue weighted by Gasteiger charge is 2.22. The maximum atomic E-state index is 11.8. The van der Waals surface area contributed by atoms with Gasteiger partial charge in [0, 0.05) is 16.4 Å². The number of alkyl halides is 1. The Balaban J connectivity index is 1.73. The standard InChI is InChI=1S/C14H17BrClNO/c15-12-4-1-11(7-12)9-17-14(18)8-10-2-5-13(16)6-3-10/h2-3,5-6,11-12H,1,4,7-9H2,(H,17,18). The second kappa shape index (κ2) is 6.58. The topological polar surface area (TPSA) is 29.1 Å². The SMILES string of the molecule is O=C(Cc1ccc(Cl)cc1)NCC1CCC(Br)C1. The fourth-order valence-corrected chi connectivity index (χ4v) is 3.23. The van der Waals surface area contributed by atoms with Crippen LogP contribution >= 0.6 is 27.5 Å². The highest BCUT2D eigenvalue weighted by atomic mass is 79.9. The third kappa shape index (κ3) is 4.29. The predicted octanol–water partition coefficient (Wildman–Crippen LogP) is 3.56. The van der Waals surface area contributed by atoms with E-state index in [9.17, 15) is 4.79 Å². The molecule has 1 aliphatic carbocycles. The van der Waals surface area contributed by atoms with Crippen LogP contribution in [0.25, 0.3) is 0 Å². The first-order valence-corrected chi connectivity index (χ1v) is 7.58. The van der Waals surface area contributed by atoms with Gasteiger partial charge in [0.15, 0.2) is 0 Å². The number of hydrogen-bond acceptors (Lipinski definition) is 1. The molecule has 0 heterocycles. The molecule has 2 unspecified atom stereocenters. The first-order chi connectivity index (χ1) is 8.63. The van der Waals surface area contributed by atoms with Crippen molar-refractivity contribution in [2.45, 2.75) is 30.5 Å². The lowest BCUT2D eigenvalue weighted by Gasteiger charge is -2.10. The van der Waals surface area contributed by atoms with Gasteiger partial charge in [-0.25, -0.2) is 0 Å². The predicted molar refractivity (Wildman–Crippen MR) is 78.2 cm³/mol. The van der Waals surface area contributed by atoms with E-state index in [2.05, 4.69) is 21.2 Å². The Morgan fingerprint density at radius 3 is 2.67 bits per heavy atom. The molecule has 2 atom stereocenters. The molecule has 1 aromatic carbocycles. The summed E-state index contributed by atoms with van der Waals surface area (Å²) in [4.78, 5) is 12.4. The minimum atomic E-state index is 0.0929. The second-order valence-corrected chi connectivity index (χ2v) is 6.62. The summed E-state index contributed by atoms with van der Waals surface area (Å²) in [6, 6.07) is 7.42. The van der Waals surface area contributed by atoms with Gasteiger partial charge < -0.3 is 5.32 Å². The number of benzene rings is 1. The van der Waals surface area contributed by atoms with Gasteiger partial charge >= 0.3 is 0 Å². The smallest absolute Gasteiger partial charge is 0.224 e. The minimum Gasteiger partial charge on any atom is -0.356 e. The molecule has 0 bridgehead atoms. The van der Waals surface area contributed by atoms with Crippen LogP contribution in [0.1, 0.15) is 24.8 Å². The molecule has 1 saturated carbocycles. The zero-order valence-electron chi connectivity index (χ0n) is 10.2. The molecular formula is C14H17BrClNO. The Morgan fingerprint density at radius 1 is 1.33 bits per heavy atom. The first-order valence-electron chi connectivity index (χ1n) is 6.28. The van der Waals surface area contributed by atoms with Gasteiger partial charge in [-0.2, -0.15) is 0 Å². The molecule has 98 valence electrons. The van der Waals surface area contributed by atoms with E-state index in [1.807, 2.05) is 24.3 Å². The lowest BCUT2D eigenvalue weighted by molar-refractivity contribution is -0.120. The molecule has 1 aliphatic rings. The zero-order valence-corrected chi connectivity index (χ0v) is 12.5. The molecular weight excluding hydrogens is 314 g/mol. The lowest BCUT2D eigenvalue weighted by atomic mass is 10.1. The summed E-state index contributed by atoms with van der Waals surface area (Å²) in [6.45, 7) is 0.800. The molecule has 2 rings (SSSR count). The summed E-state index contributed by atoms with van der Waals surface area (Å²) < 4.78 is 0. The van der Waals surface area contributed by atoms with Crippen molar-refractivity contribution in [2.75, 3.05) is 6.54 Å². The Bertz CT molecular complexity index is 407. The maximum Gasteiger partial charge on any atom is 0.224 e. The Kier molecular flexibility index (Phi) is 5.07. The molecule has 0 aromatic heterocycles. The average molecular weight is 331 g/mol. The van der Waals surface area contributed by atoms with E-state index in [4.69, 9.17) is 11.6 Å². The van der Waals surface area contributed by atoms with Crippen LogP contribution in [0.3, 0.4) is 0 Å². The summed E-state index contributed by atoms with van der Waals surface area (Å²) in [5.41, 5.74) is 1.00. The van der Waals surface area contributed by atoms with E-state index in [-0.39, 0.29) is 5.91 Å². The van der Waals surface area contributed by atoms with Crippen molar-refractivity contribution in [1.82, 2.24) is 5.32 Å². The van der Waals surface area contributed by atoms with Crippen molar-refractivity contribution >= 4 is 33.4 Å². The van der Waals surface area contributed by atoms with E-state index in [0.717, 1.165) is 12.1 Å². The van der Waals surface area contributed by atoms with Crippen LogP contribution in [-0.4, -0.2) is 17.3 Å². The monoisotopic (exact) mass is 329 g/mol. The first kappa shape index (κ1) is 13.9. The highest BCUT2D eigenvalue weighted by Crippen LogP contribution is 2.29. The summed E-state index contributed by atoms with van der Waals surface area (Å²) >= 11 is 9.43. The quantitative estimate of drug-likeness (QED) is 0.840.